The van der Waals surface area contributed by atoms with Crippen LogP contribution in [0, 0.1) is 11.3 Å². The normalized spacial score (nSPS) is 10.2. The number of benzene rings is 1. The molecule has 0 unspecified atom stereocenters. The molecule has 2 aromatic rings. The maximum Gasteiger partial charge on any atom is 0.0973 e. The Morgan fingerprint density at radius 1 is 1.35 bits per heavy atom. The molecule has 0 spiro atoms. The van der Waals surface area contributed by atoms with Crippen LogP contribution in [0.25, 0.3) is 0 Å². The maximum atomic E-state index is 8.57. The molecule has 0 amide bonds. The summed E-state index contributed by atoms with van der Waals surface area (Å²) in [5, 5.41) is 12.7. The quantitative estimate of drug-likeness (QED) is 0.850. The highest BCUT2D eigenvalue weighted by Gasteiger charge is 2.06. The zero-order chi connectivity index (χ0) is 12.3. The lowest BCUT2D eigenvalue weighted by molar-refractivity contribution is 1.07. The molecule has 1 heterocycles. The fourth-order valence-corrected chi connectivity index (χ4v) is 2.71. The van der Waals surface area contributed by atoms with E-state index in [1.807, 2.05) is 17.5 Å². The molecule has 1 aromatic heterocycles. The lowest BCUT2D eigenvalue weighted by Gasteiger charge is -2.01. The minimum atomic E-state index is 0.352. The second-order valence-corrected chi connectivity index (χ2v) is 5.27. The third-order valence-corrected chi connectivity index (χ3v) is 3.70. The van der Waals surface area contributed by atoms with Gasteiger partial charge in [0.2, 0.25) is 0 Å². The predicted octanol–water partition coefficient (Wildman–Crippen LogP) is 4.11. The van der Waals surface area contributed by atoms with Crippen molar-refractivity contribution in [3.05, 3.63) is 49.9 Å². The number of aromatic nitrogens is 1. The lowest BCUT2D eigenvalue weighted by Crippen LogP contribution is -1.90. The second-order valence-electron chi connectivity index (χ2n) is 3.48. The number of hydrogen-bond donors (Lipinski definition) is 0. The van der Waals surface area contributed by atoms with Gasteiger partial charge in [0.1, 0.15) is 0 Å². The van der Waals surface area contributed by atoms with Gasteiger partial charge in [-0.15, -0.1) is 11.3 Å². The minimum absolute atomic E-state index is 0.352. The number of nitriles is 1. The van der Waals surface area contributed by atoms with Crippen LogP contribution in [-0.4, -0.2) is 4.98 Å². The molecule has 2 nitrogen and oxygen atoms in total. The van der Waals surface area contributed by atoms with Crippen LogP contribution in [0.2, 0.25) is 10.0 Å². The molecule has 17 heavy (non-hydrogen) atoms. The first-order chi connectivity index (χ1) is 8.19. The van der Waals surface area contributed by atoms with Gasteiger partial charge < -0.3 is 0 Å². The smallest absolute Gasteiger partial charge is 0.0973 e. The Morgan fingerprint density at radius 3 is 2.88 bits per heavy atom. The molecular weight excluding hydrogens is 275 g/mol. The van der Waals surface area contributed by atoms with Crippen LogP contribution in [0.4, 0.5) is 0 Å². The standard InChI is InChI=1S/C12H8Cl2N2S/c13-9-2-1-8(11(14)6-9)5-12-16-10(3-4-15)7-17-12/h1-2,6-7H,3,5H2. The van der Waals surface area contributed by atoms with Crippen molar-refractivity contribution in [3.63, 3.8) is 0 Å². The first-order valence-corrected chi connectivity index (χ1v) is 6.57. The summed E-state index contributed by atoms with van der Waals surface area (Å²) in [5.41, 5.74) is 1.81. The SMILES string of the molecule is N#CCc1csc(Cc2ccc(Cl)cc2Cl)n1. The van der Waals surface area contributed by atoms with Crippen molar-refractivity contribution in [2.45, 2.75) is 12.8 Å². The summed E-state index contributed by atoms with van der Waals surface area (Å²) in [6.07, 6.45) is 1.02. The topological polar surface area (TPSA) is 36.7 Å². The predicted molar refractivity (Wildman–Crippen MR) is 70.7 cm³/mol. The van der Waals surface area contributed by atoms with E-state index in [4.69, 9.17) is 28.5 Å². The van der Waals surface area contributed by atoms with Gasteiger partial charge in [0.15, 0.2) is 0 Å². The van der Waals surface area contributed by atoms with Gasteiger partial charge in [-0.05, 0) is 17.7 Å². The molecule has 0 N–H and O–H groups in total. The number of rotatable bonds is 3. The number of nitrogens with zero attached hydrogens (tertiary/aromatic N) is 2. The average molecular weight is 283 g/mol. The molecule has 0 aliphatic heterocycles. The lowest BCUT2D eigenvalue weighted by atomic mass is 10.1. The van der Waals surface area contributed by atoms with Gasteiger partial charge in [-0.2, -0.15) is 5.26 Å². The molecule has 0 fully saturated rings. The molecule has 2 rings (SSSR count). The number of thiazole rings is 1. The van der Waals surface area contributed by atoms with E-state index in [-0.39, 0.29) is 0 Å². The second kappa shape index (κ2) is 5.50. The summed E-state index contributed by atoms with van der Waals surface area (Å²) in [7, 11) is 0. The maximum absolute atomic E-state index is 8.57. The van der Waals surface area contributed by atoms with E-state index < -0.39 is 0 Å². The van der Waals surface area contributed by atoms with Crippen LogP contribution >= 0.6 is 34.5 Å². The first-order valence-electron chi connectivity index (χ1n) is 4.93. The Balaban J connectivity index is 2.17. The fourth-order valence-electron chi connectivity index (χ4n) is 1.42. The van der Waals surface area contributed by atoms with E-state index in [1.165, 1.54) is 0 Å². The number of hydrogen-bond acceptors (Lipinski definition) is 3. The van der Waals surface area contributed by atoms with Gasteiger partial charge >= 0.3 is 0 Å². The number of halogens is 2. The molecule has 0 saturated heterocycles. The van der Waals surface area contributed by atoms with E-state index in [1.54, 1.807) is 17.4 Å². The highest BCUT2D eigenvalue weighted by atomic mass is 35.5. The highest BCUT2D eigenvalue weighted by molar-refractivity contribution is 7.09. The Bertz CT molecular complexity index is 572. The van der Waals surface area contributed by atoms with Gasteiger partial charge in [0.05, 0.1) is 23.2 Å². The van der Waals surface area contributed by atoms with Crippen LogP contribution < -0.4 is 0 Å². The Labute approximate surface area is 113 Å². The van der Waals surface area contributed by atoms with Gasteiger partial charge in [0, 0.05) is 21.8 Å². The summed E-state index contributed by atoms with van der Waals surface area (Å²) in [6.45, 7) is 0. The fraction of sp³-hybridized carbons (Fsp3) is 0.167. The van der Waals surface area contributed by atoms with E-state index in [2.05, 4.69) is 11.1 Å². The Morgan fingerprint density at radius 2 is 2.18 bits per heavy atom. The van der Waals surface area contributed by atoms with Crippen LogP contribution in [0.3, 0.4) is 0 Å². The van der Waals surface area contributed by atoms with Gasteiger partial charge in [-0.3, -0.25) is 0 Å². The molecule has 0 radical (unpaired) electrons. The average Bonchev–Trinajstić information content (AvgIpc) is 2.71. The van der Waals surface area contributed by atoms with Crippen LogP contribution in [0.5, 0.6) is 0 Å². The van der Waals surface area contributed by atoms with E-state index in [0.29, 0.717) is 22.9 Å². The van der Waals surface area contributed by atoms with E-state index >= 15 is 0 Å². The van der Waals surface area contributed by atoms with E-state index in [9.17, 15) is 0 Å². The molecule has 0 aliphatic rings. The van der Waals surface area contributed by atoms with Crippen molar-refractivity contribution in [2.24, 2.45) is 0 Å². The zero-order valence-corrected chi connectivity index (χ0v) is 11.1. The van der Waals surface area contributed by atoms with Crippen molar-refractivity contribution in [1.29, 1.82) is 5.26 Å². The summed E-state index contributed by atoms with van der Waals surface area (Å²) >= 11 is 13.5. The molecular formula is C12H8Cl2N2S. The Kier molecular flexibility index (Phi) is 4.01. The van der Waals surface area contributed by atoms with Crippen molar-refractivity contribution >= 4 is 34.5 Å². The van der Waals surface area contributed by atoms with Gasteiger partial charge in [0.25, 0.3) is 0 Å². The van der Waals surface area contributed by atoms with Crippen molar-refractivity contribution in [3.8, 4) is 6.07 Å². The minimum Gasteiger partial charge on any atom is -0.245 e. The summed E-state index contributed by atoms with van der Waals surface area (Å²) < 4.78 is 0. The largest absolute Gasteiger partial charge is 0.245 e. The summed E-state index contributed by atoms with van der Waals surface area (Å²) in [4.78, 5) is 4.36. The molecule has 1 aromatic carbocycles. The van der Waals surface area contributed by atoms with E-state index in [0.717, 1.165) is 16.3 Å². The van der Waals surface area contributed by atoms with Gasteiger partial charge in [-0.1, -0.05) is 29.3 Å². The molecule has 0 aliphatic carbocycles. The van der Waals surface area contributed by atoms with Gasteiger partial charge in [-0.25, -0.2) is 4.98 Å². The zero-order valence-electron chi connectivity index (χ0n) is 8.78. The third kappa shape index (κ3) is 3.19. The Hall–Kier alpha value is -1.08. The van der Waals surface area contributed by atoms with Crippen LogP contribution in [0.15, 0.2) is 23.6 Å². The molecule has 5 heteroatoms. The summed E-state index contributed by atoms with van der Waals surface area (Å²) in [5.74, 6) is 0. The first kappa shape index (κ1) is 12.4. The summed E-state index contributed by atoms with van der Waals surface area (Å²) in [6, 6.07) is 7.52. The van der Waals surface area contributed by atoms with Crippen molar-refractivity contribution < 1.29 is 0 Å². The molecule has 0 atom stereocenters. The van der Waals surface area contributed by atoms with Crippen LogP contribution in [0.1, 0.15) is 16.3 Å². The van der Waals surface area contributed by atoms with Crippen molar-refractivity contribution in [1.82, 2.24) is 4.98 Å². The van der Waals surface area contributed by atoms with Crippen molar-refractivity contribution in [2.75, 3.05) is 0 Å². The monoisotopic (exact) mass is 282 g/mol. The third-order valence-electron chi connectivity index (χ3n) is 2.22. The highest BCUT2D eigenvalue weighted by Crippen LogP contribution is 2.24. The molecule has 0 saturated carbocycles. The van der Waals surface area contributed by atoms with Crippen LogP contribution in [-0.2, 0) is 12.8 Å². The molecule has 86 valence electrons. The molecule has 0 bridgehead atoms.